The van der Waals surface area contributed by atoms with E-state index in [1.807, 2.05) is 39.2 Å². The van der Waals surface area contributed by atoms with Crippen LogP contribution in [0, 0.1) is 6.92 Å². The molecule has 0 atom stereocenters. The molecule has 0 radical (unpaired) electrons. The van der Waals surface area contributed by atoms with Crippen LogP contribution < -0.4 is 10.9 Å². The van der Waals surface area contributed by atoms with Crippen molar-refractivity contribution in [2.75, 3.05) is 13.6 Å². The van der Waals surface area contributed by atoms with Gasteiger partial charge in [-0.2, -0.15) is 0 Å². The van der Waals surface area contributed by atoms with Crippen molar-refractivity contribution < 1.29 is 0 Å². The molecule has 0 saturated heterocycles. The molecule has 0 aliphatic rings. The number of hydrogen-bond donors (Lipinski definition) is 1. The van der Waals surface area contributed by atoms with E-state index in [0.717, 1.165) is 41.4 Å². The number of nitrogens with zero attached hydrogens (tertiary/aromatic N) is 1. The van der Waals surface area contributed by atoms with Crippen molar-refractivity contribution in [1.29, 1.82) is 0 Å². The number of nitrogens with one attached hydrogen (secondary N) is 1. The number of rotatable bonds is 4. The minimum Gasteiger partial charge on any atom is -0.320 e. The van der Waals surface area contributed by atoms with E-state index in [2.05, 4.69) is 11.4 Å². The number of pyridine rings is 1. The van der Waals surface area contributed by atoms with Crippen molar-refractivity contribution >= 4 is 10.9 Å². The Hall–Kier alpha value is -1.61. The molecule has 18 heavy (non-hydrogen) atoms. The molecule has 0 amide bonds. The summed E-state index contributed by atoms with van der Waals surface area (Å²) in [5, 5.41) is 4.26. The number of benzene rings is 1. The molecular weight excluding hydrogens is 224 g/mol. The summed E-state index contributed by atoms with van der Waals surface area (Å²) in [7, 11) is 3.79. The lowest BCUT2D eigenvalue weighted by molar-refractivity contribution is 0.716. The normalized spacial score (nSPS) is 11.1. The van der Waals surface area contributed by atoms with Gasteiger partial charge in [0.2, 0.25) is 0 Å². The molecule has 0 aliphatic heterocycles. The van der Waals surface area contributed by atoms with E-state index in [1.54, 1.807) is 4.57 Å². The second-order valence-electron chi connectivity index (χ2n) is 4.75. The largest absolute Gasteiger partial charge is 0.320 e. The molecule has 2 rings (SSSR count). The van der Waals surface area contributed by atoms with Gasteiger partial charge in [0.05, 0.1) is 5.52 Å². The molecular formula is C15H20N2O. The Bertz CT molecular complexity index is 614. The van der Waals surface area contributed by atoms with E-state index in [0.29, 0.717) is 0 Å². The van der Waals surface area contributed by atoms with Crippen molar-refractivity contribution in [3.63, 3.8) is 0 Å². The number of fused-ring (bicyclic) bond motifs is 1. The Labute approximate surface area is 107 Å². The molecule has 0 unspecified atom stereocenters. The Morgan fingerprint density at radius 3 is 2.83 bits per heavy atom. The first-order chi connectivity index (χ1) is 8.65. The summed E-state index contributed by atoms with van der Waals surface area (Å²) in [5.74, 6) is 0. The van der Waals surface area contributed by atoms with Gasteiger partial charge in [0.25, 0.3) is 5.56 Å². The summed E-state index contributed by atoms with van der Waals surface area (Å²) in [6, 6.07) is 8.20. The van der Waals surface area contributed by atoms with Crippen LogP contribution in [0.5, 0.6) is 0 Å². The van der Waals surface area contributed by atoms with E-state index in [4.69, 9.17) is 0 Å². The first kappa shape index (κ1) is 12.8. The van der Waals surface area contributed by atoms with Gasteiger partial charge in [-0.05, 0) is 50.4 Å². The molecule has 0 spiro atoms. The van der Waals surface area contributed by atoms with E-state index in [-0.39, 0.29) is 5.56 Å². The highest BCUT2D eigenvalue weighted by molar-refractivity contribution is 5.82. The van der Waals surface area contributed by atoms with Crippen LogP contribution in [0.1, 0.15) is 17.5 Å². The lowest BCUT2D eigenvalue weighted by atomic mass is 10.1. The van der Waals surface area contributed by atoms with Gasteiger partial charge in [-0.15, -0.1) is 0 Å². The third kappa shape index (κ3) is 2.31. The van der Waals surface area contributed by atoms with Crippen molar-refractivity contribution in [2.45, 2.75) is 19.8 Å². The first-order valence-electron chi connectivity index (χ1n) is 6.38. The highest BCUT2D eigenvalue weighted by Gasteiger charge is 2.07. The average Bonchev–Trinajstić information content (AvgIpc) is 2.35. The van der Waals surface area contributed by atoms with Gasteiger partial charge in [-0.3, -0.25) is 4.79 Å². The molecule has 96 valence electrons. The number of para-hydroxylation sites is 1. The van der Waals surface area contributed by atoms with Crippen LogP contribution in [-0.4, -0.2) is 18.2 Å². The molecule has 1 heterocycles. The summed E-state index contributed by atoms with van der Waals surface area (Å²) in [6.45, 7) is 2.98. The maximum Gasteiger partial charge on any atom is 0.253 e. The van der Waals surface area contributed by atoms with Crippen LogP contribution >= 0.6 is 0 Å². The zero-order valence-electron chi connectivity index (χ0n) is 11.3. The maximum atomic E-state index is 12.3. The van der Waals surface area contributed by atoms with Crippen LogP contribution in [0.15, 0.2) is 29.1 Å². The third-order valence-corrected chi connectivity index (χ3v) is 3.39. The Balaban J connectivity index is 2.51. The van der Waals surface area contributed by atoms with Gasteiger partial charge in [0, 0.05) is 12.6 Å². The third-order valence-electron chi connectivity index (χ3n) is 3.39. The lowest BCUT2D eigenvalue weighted by Gasteiger charge is -2.10. The molecule has 1 aromatic carbocycles. The van der Waals surface area contributed by atoms with Gasteiger partial charge in [-0.25, -0.2) is 0 Å². The molecule has 0 fully saturated rings. The predicted octanol–water partition coefficient (Wildman–Crippen LogP) is 2.00. The predicted molar refractivity (Wildman–Crippen MR) is 76.2 cm³/mol. The second-order valence-corrected chi connectivity index (χ2v) is 4.75. The molecule has 2 aromatic rings. The quantitative estimate of drug-likeness (QED) is 0.835. The van der Waals surface area contributed by atoms with Gasteiger partial charge < -0.3 is 9.88 Å². The minimum atomic E-state index is 0.132. The Kier molecular flexibility index (Phi) is 3.82. The molecule has 0 bridgehead atoms. The van der Waals surface area contributed by atoms with E-state index in [1.165, 1.54) is 0 Å². The topological polar surface area (TPSA) is 34.0 Å². The van der Waals surface area contributed by atoms with Crippen molar-refractivity contribution in [3.8, 4) is 0 Å². The number of aryl methyl sites for hydroxylation is 3. The summed E-state index contributed by atoms with van der Waals surface area (Å²) in [5.41, 5.74) is 3.23. The monoisotopic (exact) mass is 244 g/mol. The van der Waals surface area contributed by atoms with Crippen molar-refractivity contribution in [2.24, 2.45) is 7.05 Å². The van der Waals surface area contributed by atoms with Gasteiger partial charge in [0.15, 0.2) is 0 Å². The molecule has 1 aromatic heterocycles. The Morgan fingerprint density at radius 1 is 1.33 bits per heavy atom. The molecule has 0 saturated carbocycles. The fraction of sp³-hybridized carbons (Fsp3) is 0.400. The first-order valence-corrected chi connectivity index (χ1v) is 6.38. The second kappa shape index (κ2) is 5.36. The number of hydrogen-bond acceptors (Lipinski definition) is 2. The smallest absolute Gasteiger partial charge is 0.253 e. The molecule has 0 aliphatic carbocycles. The fourth-order valence-corrected chi connectivity index (χ4v) is 2.46. The lowest BCUT2D eigenvalue weighted by Crippen LogP contribution is -2.22. The van der Waals surface area contributed by atoms with E-state index < -0.39 is 0 Å². The van der Waals surface area contributed by atoms with Gasteiger partial charge in [0.1, 0.15) is 0 Å². The minimum absolute atomic E-state index is 0.132. The van der Waals surface area contributed by atoms with Crippen molar-refractivity contribution in [3.05, 3.63) is 45.7 Å². The fourth-order valence-electron chi connectivity index (χ4n) is 2.46. The zero-order valence-corrected chi connectivity index (χ0v) is 11.3. The van der Waals surface area contributed by atoms with Crippen LogP contribution in [0.3, 0.4) is 0 Å². The highest BCUT2D eigenvalue weighted by Crippen LogP contribution is 2.17. The van der Waals surface area contributed by atoms with E-state index in [9.17, 15) is 4.79 Å². The summed E-state index contributed by atoms with van der Waals surface area (Å²) >= 11 is 0. The maximum absolute atomic E-state index is 12.3. The van der Waals surface area contributed by atoms with Gasteiger partial charge in [-0.1, -0.05) is 18.2 Å². The summed E-state index contributed by atoms with van der Waals surface area (Å²) < 4.78 is 1.78. The Morgan fingerprint density at radius 2 is 2.11 bits per heavy atom. The van der Waals surface area contributed by atoms with Crippen LogP contribution in [0.25, 0.3) is 10.9 Å². The van der Waals surface area contributed by atoms with Crippen LogP contribution in [-0.2, 0) is 13.5 Å². The van der Waals surface area contributed by atoms with Crippen LogP contribution in [0.4, 0.5) is 0 Å². The van der Waals surface area contributed by atoms with Gasteiger partial charge >= 0.3 is 0 Å². The molecule has 1 N–H and O–H groups in total. The van der Waals surface area contributed by atoms with Crippen molar-refractivity contribution in [1.82, 2.24) is 9.88 Å². The highest BCUT2D eigenvalue weighted by atomic mass is 16.1. The zero-order chi connectivity index (χ0) is 13.1. The molecule has 3 nitrogen and oxygen atoms in total. The summed E-state index contributed by atoms with van der Waals surface area (Å²) in [4.78, 5) is 12.3. The summed E-state index contributed by atoms with van der Waals surface area (Å²) in [6.07, 6.45) is 1.82. The average molecular weight is 244 g/mol. The SMILES string of the molecule is CNCCCc1cc2cccc(C)c2n(C)c1=O. The van der Waals surface area contributed by atoms with E-state index >= 15 is 0 Å². The molecule has 3 heteroatoms. The number of aromatic nitrogens is 1. The van der Waals surface area contributed by atoms with Crippen LogP contribution in [0.2, 0.25) is 0 Å². The standard InChI is InChI=1S/C15H20N2O/c1-11-6-4-7-12-10-13(8-5-9-16-2)15(18)17(3)14(11)12/h4,6-7,10,16H,5,8-9H2,1-3H3.